The number of ether oxygens (including phenoxy) is 4. The van der Waals surface area contributed by atoms with Gasteiger partial charge in [-0.15, -0.1) is 26.3 Å². The first-order valence-corrected chi connectivity index (χ1v) is 20.8. The maximum atomic E-state index is 5.74. The molecule has 6 aromatic carbocycles. The SMILES string of the molecule is C=CCOCc1ccc(N(c2ccc(COCC=C)cc2)c2ccc3c(c2)C(C)(C)c2cc(N(c4ccc(COCC=C)cc4)c4ccc(COCC=C)cc4)ccc2-3)cc1. The molecule has 61 heavy (non-hydrogen) atoms. The summed E-state index contributed by atoms with van der Waals surface area (Å²) < 4.78 is 23.0. The second-order valence-electron chi connectivity index (χ2n) is 15.6. The lowest BCUT2D eigenvalue weighted by molar-refractivity contribution is 0.149. The minimum absolute atomic E-state index is 0.286. The molecule has 0 bridgehead atoms. The molecule has 6 heteroatoms. The number of rotatable bonds is 22. The van der Waals surface area contributed by atoms with Gasteiger partial charge in [0, 0.05) is 39.5 Å². The van der Waals surface area contributed by atoms with Crippen molar-refractivity contribution in [1.82, 2.24) is 0 Å². The molecule has 0 amide bonds. The van der Waals surface area contributed by atoms with Crippen molar-refractivity contribution in [2.24, 2.45) is 0 Å². The molecule has 0 atom stereocenters. The predicted octanol–water partition coefficient (Wildman–Crippen LogP) is 13.7. The number of benzene rings is 6. The van der Waals surface area contributed by atoms with E-state index < -0.39 is 0 Å². The summed E-state index contributed by atoms with van der Waals surface area (Å²) in [6, 6.07) is 48.3. The summed E-state index contributed by atoms with van der Waals surface area (Å²) in [4.78, 5) is 4.65. The van der Waals surface area contributed by atoms with Crippen LogP contribution in [0.5, 0.6) is 0 Å². The van der Waals surface area contributed by atoms with Crippen molar-refractivity contribution in [2.75, 3.05) is 36.2 Å². The average Bonchev–Trinajstić information content (AvgIpc) is 3.51. The van der Waals surface area contributed by atoms with Crippen LogP contribution < -0.4 is 9.80 Å². The fourth-order valence-electron chi connectivity index (χ4n) is 7.89. The topological polar surface area (TPSA) is 43.4 Å². The van der Waals surface area contributed by atoms with Crippen molar-refractivity contribution in [3.63, 3.8) is 0 Å². The third kappa shape index (κ3) is 10.0. The normalized spacial score (nSPS) is 12.3. The smallest absolute Gasteiger partial charge is 0.0721 e. The number of hydrogen-bond acceptors (Lipinski definition) is 6. The molecule has 6 nitrogen and oxygen atoms in total. The Morgan fingerprint density at radius 3 is 0.869 bits per heavy atom. The summed E-state index contributed by atoms with van der Waals surface area (Å²) in [5.41, 5.74) is 15.6. The Bertz CT molecular complexity index is 2130. The largest absolute Gasteiger partial charge is 0.373 e. The first-order valence-electron chi connectivity index (χ1n) is 20.8. The molecule has 0 heterocycles. The lowest BCUT2D eigenvalue weighted by atomic mass is 9.82. The summed E-state index contributed by atoms with van der Waals surface area (Å²) in [7, 11) is 0. The van der Waals surface area contributed by atoms with E-state index in [1.54, 1.807) is 24.3 Å². The predicted molar refractivity (Wildman–Crippen MR) is 253 cm³/mol. The summed E-state index contributed by atoms with van der Waals surface area (Å²) >= 11 is 0. The third-order valence-corrected chi connectivity index (χ3v) is 11.0. The minimum atomic E-state index is -0.286. The molecule has 0 radical (unpaired) electrons. The van der Waals surface area contributed by atoms with E-state index in [-0.39, 0.29) is 5.41 Å². The summed E-state index contributed by atoms with van der Waals surface area (Å²) in [5.74, 6) is 0. The average molecular weight is 809 g/mol. The molecule has 0 saturated carbocycles. The van der Waals surface area contributed by atoms with Crippen LogP contribution in [0.1, 0.15) is 47.2 Å². The van der Waals surface area contributed by atoms with E-state index in [9.17, 15) is 0 Å². The lowest BCUT2D eigenvalue weighted by Crippen LogP contribution is -2.17. The molecule has 0 aliphatic heterocycles. The maximum absolute atomic E-state index is 5.74. The highest BCUT2D eigenvalue weighted by Gasteiger charge is 2.37. The molecular formula is C55H56N2O4. The van der Waals surface area contributed by atoms with Crippen LogP contribution in [0.25, 0.3) is 11.1 Å². The highest BCUT2D eigenvalue weighted by Crippen LogP contribution is 2.52. The van der Waals surface area contributed by atoms with Crippen molar-refractivity contribution in [1.29, 1.82) is 0 Å². The molecule has 0 saturated heterocycles. The monoisotopic (exact) mass is 808 g/mol. The molecule has 0 spiro atoms. The van der Waals surface area contributed by atoms with Crippen LogP contribution in [-0.2, 0) is 50.8 Å². The number of hydrogen-bond donors (Lipinski definition) is 0. The Morgan fingerprint density at radius 2 is 0.623 bits per heavy atom. The fourth-order valence-corrected chi connectivity index (χ4v) is 7.89. The van der Waals surface area contributed by atoms with Gasteiger partial charge in [-0.2, -0.15) is 0 Å². The maximum Gasteiger partial charge on any atom is 0.0721 e. The Labute approximate surface area is 362 Å². The molecule has 7 rings (SSSR count). The van der Waals surface area contributed by atoms with Crippen LogP contribution >= 0.6 is 0 Å². The summed E-state index contributed by atoms with van der Waals surface area (Å²) in [6.07, 6.45) is 7.09. The van der Waals surface area contributed by atoms with Crippen LogP contribution in [0.15, 0.2) is 184 Å². The Balaban J connectivity index is 1.24. The number of nitrogens with zero attached hydrogens (tertiary/aromatic N) is 2. The second kappa shape index (κ2) is 20.3. The first-order chi connectivity index (χ1) is 29.8. The van der Waals surface area contributed by atoms with Crippen LogP contribution in [-0.4, -0.2) is 26.4 Å². The van der Waals surface area contributed by atoms with Gasteiger partial charge in [-0.1, -0.05) is 98.8 Å². The number of anilines is 6. The van der Waals surface area contributed by atoms with E-state index in [1.807, 2.05) is 0 Å². The van der Waals surface area contributed by atoms with Crippen molar-refractivity contribution < 1.29 is 18.9 Å². The lowest BCUT2D eigenvalue weighted by Gasteiger charge is -2.29. The first kappa shape index (κ1) is 42.8. The Hall–Kier alpha value is -6.28. The highest BCUT2D eigenvalue weighted by atomic mass is 16.5. The van der Waals surface area contributed by atoms with Crippen LogP contribution in [0.3, 0.4) is 0 Å². The molecule has 0 aromatic heterocycles. The molecule has 1 aliphatic rings. The molecular weight excluding hydrogens is 753 g/mol. The highest BCUT2D eigenvalue weighted by molar-refractivity contribution is 5.88. The van der Waals surface area contributed by atoms with Gasteiger partial charge in [-0.3, -0.25) is 0 Å². The van der Waals surface area contributed by atoms with Gasteiger partial charge in [0.15, 0.2) is 0 Å². The van der Waals surface area contributed by atoms with Crippen molar-refractivity contribution in [3.05, 3.63) is 217 Å². The van der Waals surface area contributed by atoms with Gasteiger partial charge in [-0.25, -0.2) is 0 Å². The van der Waals surface area contributed by atoms with Gasteiger partial charge in [0.1, 0.15) is 0 Å². The van der Waals surface area contributed by atoms with Gasteiger partial charge in [-0.05, 0) is 117 Å². The molecule has 0 fully saturated rings. The third-order valence-electron chi connectivity index (χ3n) is 11.0. The standard InChI is InChI=1S/C55H56N2O4/c1-7-31-58-37-41-11-19-45(20-12-41)56(46-21-13-42(14-22-46)38-59-32-8-2)49-27-29-51-52-30-28-50(36-54(52)55(5,6)53(51)35-49)57(47-23-15-43(16-24-47)39-60-33-9-3)48-25-17-44(18-26-48)40-61-34-10-4/h7-30,35-36H,1-4,31-34,37-40H2,5-6H3. The molecule has 0 unspecified atom stereocenters. The van der Waals surface area contributed by atoms with E-state index >= 15 is 0 Å². The quantitative estimate of drug-likeness (QED) is 0.0503. The van der Waals surface area contributed by atoms with Gasteiger partial charge < -0.3 is 28.7 Å². The Morgan fingerprint density at radius 1 is 0.377 bits per heavy atom. The fraction of sp³-hybridized carbons (Fsp3) is 0.200. The van der Waals surface area contributed by atoms with Crippen molar-refractivity contribution in [2.45, 2.75) is 45.7 Å². The van der Waals surface area contributed by atoms with E-state index in [2.05, 4.69) is 183 Å². The van der Waals surface area contributed by atoms with Crippen LogP contribution in [0.2, 0.25) is 0 Å². The summed E-state index contributed by atoms with van der Waals surface area (Å²) in [6.45, 7) is 24.0. The van der Waals surface area contributed by atoms with Gasteiger partial charge >= 0.3 is 0 Å². The van der Waals surface area contributed by atoms with Gasteiger partial charge in [0.2, 0.25) is 0 Å². The molecule has 6 aromatic rings. The van der Waals surface area contributed by atoms with Crippen molar-refractivity contribution in [3.8, 4) is 11.1 Å². The zero-order valence-corrected chi connectivity index (χ0v) is 35.5. The van der Waals surface area contributed by atoms with Crippen molar-refractivity contribution >= 4 is 34.1 Å². The van der Waals surface area contributed by atoms with Crippen LogP contribution in [0.4, 0.5) is 34.1 Å². The minimum Gasteiger partial charge on any atom is -0.373 e. The van der Waals surface area contributed by atoms with Gasteiger partial charge in [0.05, 0.1) is 52.9 Å². The molecule has 310 valence electrons. The van der Waals surface area contributed by atoms with E-state index in [1.165, 1.54) is 22.3 Å². The Kier molecular flexibility index (Phi) is 14.3. The molecule has 1 aliphatic carbocycles. The number of fused-ring (bicyclic) bond motifs is 3. The zero-order valence-electron chi connectivity index (χ0n) is 35.5. The zero-order chi connectivity index (χ0) is 42.6. The van der Waals surface area contributed by atoms with Crippen LogP contribution in [0, 0.1) is 0 Å². The van der Waals surface area contributed by atoms with E-state index in [0.717, 1.165) is 56.4 Å². The molecule has 0 N–H and O–H groups in total. The van der Waals surface area contributed by atoms with E-state index in [4.69, 9.17) is 18.9 Å². The second-order valence-corrected chi connectivity index (χ2v) is 15.6. The van der Waals surface area contributed by atoms with E-state index in [0.29, 0.717) is 52.9 Å². The van der Waals surface area contributed by atoms with Gasteiger partial charge in [0.25, 0.3) is 0 Å². The summed E-state index contributed by atoms with van der Waals surface area (Å²) in [5, 5.41) is 0.